The molecule has 138 valence electrons. The van der Waals surface area contributed by atoms with Gasteiger partial charge in [-0.15, -0.1) is 0 Å². The van der Waals surface area contributed by atoms with Gasteiger partial charge in [-0.25, -0.2) is 0 Å². The van der Waals surface area contributed by atoms with Gasteiger partial charge in [0.2, 0.25) is 5.91 Å². The maximum atomic E-state index is 12.4. The molecule has 4 fully saturated rings. The van der Waals surface area contributed by atoms with Crippen molar-refractivity contribution in [2.75, 3.05) is 19.8 Å². The summed E-state index contributed by atoms with van der Waals surface area (Å²) in [6.07, 6.45) is 6.23. The smallest absolute Gasteiger partial charge is 0.226 e. The molecular weight excluding hydrogens is 318 g/mol. The molecule has 2 saturated heterocycles. The van der Waals surface area contributed by atoms with Crippen LogP contribution in [0.25, 0.3) is 0 Å². The first kappa shape index (κ1) is 16.3. The number of amides is 1. The van der Waals surface area contributed by atoms with Gasteiger partial charge in [-0.3, -0.25) is 4.79 Å². The van der Waals surface area contributed by atoms with Crippen molar-refractivity contribution in [3.8, 4) is 0 Å². The fourth-order valence-electron chi connectivity index (χ4n) is 6.87. The van der Waals surface area contributed by atoms with Gasteiger partial charge >= 0.3 is 0 Å². The number of hydrogen-bond acceptors (Lipinski definition) is 4. The quantitative estimate of drug-likeness (QED) is 0.658. The van der Waals surface area contributed by atoms with E-state index in [1.54, 1.807) is 0 Å². The molecular formula is C20H29NO4. The largest absolute Gasteiger partial charge is 0.393 e. The fraction of sp³-hybridized carbons (Fsp3) is 0.850. The third-order valence-electron chi connectivity index (χ3n) is 8.25. The Labute approximate surface area is 149 Å². The summed E-state index contributed by atoms with van der Waals surface area (Å²) in [5.41, 5.74) is 0.993. The van der Waals surface area contributed by atoms with Gasteiger partial charge in [0.15, 0.2) is 5.79 Å². The van der Waals surface area contributed by atoms with E-state index >= 15 is 0 Å². The summed E-state index contributed by atoms with van der Waals surface area (Å²) >= 11 is 0. The molecule has 0 bridgehead atoms. The Morgan fingerprint density at radius 1 is 1.20 bits per heavy atom. The molecule has 25 heavy (non-hydrogen) atoms. The Hall–Kier alpha value is -0.910. The van der Waals surface area contributed by atoms with E-state index in [1.165, 1.54) is 5.57 Å². The lowest BCUT2D eigenvalue weighted by atomic mass is 9.47. The molecule has 6 atom stereocenters. The van der Waals surface area contributed by atoms with Gasteiger partial charge in [-0.05, 0) is 42.4 Å². The van der Waals surface area contributed by atoms with Crippen molar-refractivity contribution in [1.29, 1.82) is 0 Å². The monoisotopic (exact) mass is 347 g/mol. The highest BCUT2D eigenvalue weighted by Gasteiger charge is 2.63. The topological polar surface area (TPSA) is 67.8 Å². The average Bonchev–Trinajstić information content (AvgIpc) is 3.13. The van der Waals surface area contributed by atoms with Gasteiger partial charge in [-0.2, -0.15) is 0 Å². The van der Waals surface area contributed by atoms with Gasteiger partial charge in [0, 0.05) is 19.4 Å². The van der Waals surface area contributed by atoms with E-state index in [0.717, 1.165) is 32.2 Å². The summed E-state index contributed by atoms with van der Waals surface area (Å²) in [6, 6.07) is 0. The Morgan fingerprint density at radius 3 is 2.72 bits per heavy atom. The van der Waals surface area contributed by atoms with Gasteiger partial charge in [0.05, 0.1) is 24.7 Å². The van der Waals surface area contributed by atoms with Crippen LogP contribution in [0.1, 0.15) is 46.0 Å². The number of carbonyl (C=O) groups excluding carboxylic acids is 1. The van der Waals surface area contributed by atoms with E-state index in [1.807, 2.05) is 0 Å². The SMILES string of the molecule is C[C@]12CCC3(CC1=CCC1C2[C@@H](O)C[C@]2(C)C(=O)NCC12)OCCO3. The first-order valence-corrected chi connectivity index (χ1v) is 9.82. The molecule has 3 unspecified atom stereocenters. The molecule has 5 heteroatoms. The normalized spacial score (nSPS) is 50.7. The maximum Gasteiger partial charge on any atom is 0.226 e. The van der Waals surface area contributed by atoms with Crippen LogP contribution in [0.3, 0.4) is 0 Å². The Bertz CT molecular complexity index is 640. The van der Waals surface area contributed by atoms with Crippen molar-refractivity contribution < 1.29 is 19.4 Å². The number of carbonyl (C=O) groups is 1. The molecule has 1 spiro atoms. The summed E-state index contributed by atoms with van der Waals surface area (Å²) in [5, 5.41) is 14.2. The van der Waals surface area contributed by atoms with Gasteiger partial charge in [0.1, 0.15) is 0 Å². The van der Waals surface area contributed by atoms with Crippen LogP contribution in [0.2, 0.25) is 0 Å². The number of nitrogens with one attached hydrogen (secondary N) is 1. The number of aliphatic hydroxyl groups is 1. The highest BCUT2D eigenvalue weighted by molar-refractivity contribution is 5.85. The highest BCUT2D eigenvalue weighted by Crippen LogP contribution is 2.63. The average molecular weight is 347 g/mol. The molecule has 0 radical (unpaired) electrons. The summed E-state index contributed by atoms with van der Waals surface area (Å²) in [5.74, 6) is 0.651. The second-order valence-electron chi connectivity index (χ2n) is 9.36. The number of rotatable bonds is 0. The summed E-state index contributed by atoms with van der Waals surface area (Å²) in [6.45, 7) is 6.52. The molecule has 5 nitrogen and oxygen atoms in total. The number of hydrogen-bond donors (Lipinski definition) is 2. The molecule has 5 rings (SSSR count). The van der Waals surface area contributed by atoms with Gasteiger partial charge in [-0.1, -0.05) is 25.5 Å². The Morgan fingerprint density at radius 2 is 1.96 bits per heavy atom. The number of ether oxygens (including phenoxy) is 2. The summed E-state index contributed by atoms with van der Waals surface area (Å²) in [4.78, 5) is 12.4. The number of allylic oxidation sites excluding steroid dienone is 1. The lowest BCUT2D eigenvalue weighted by Crippen LogP contribution is -2.58. The van der Waals surface area contributed by atoms with Crippen LogP contribution in [0.15, 0.2) is 11.6 Å². The van der Waals surface area contributed by atoms with Crippen LogP contribution in [0, 0.1) is 28.6 Å². The molecule has 2 aliphatic heterocycles. The van der Waals surface area contributed by atoms with E-state index in [-0.39, 0.29) is 17.2 Å². The van der Waals surface area contributed by atoms with Crippen molar-refractivity contribution >= 4 is 5.91 Å². The molecule has 0 aromatic carbocycles. The summed E-state index contributed by atoms with van der Waals surface area (Å²) in [7, 11) is 0. The van der Waals surface area contributed by atoms with E-state index in [2.05, 4.69) is 25.2 Å². The number of aliphatic hydroxyl groups excluding tert-OH is 1. The maximum absolute atomic E-state index is 12.4. The van der Waals surface area contributed by atoms with Crippen molar-refractivity contribution in [1.82, 2.24) is 5.32 Å². The van der Waals surface area contributed by atoms with Crippen LogP contribution >= 0.6 is 0 Å². The lowest BCUT2D eigenvalue weighted by Gasteiger charge is -2.58. The zero-order valence-electron chi connectivity index (χ0n) is 15.2. The minimum atomic E-state index is -0.419. The zero-order valence-corrected chi connectivity index (χ0v) is 15.2. The van der Waals surface area contributed by atoms with Crippen molar-refractivity contribution in [3.05, 3.63) is 11.6 Å². The van der Waals surface area contributed by atoms with E-state index in [0.29, 0.717) is 31.5 Å². The molecule has 2 saturated carbocycles. The van der Waals surface area contributed by atoms with Crippen molar-refractivity contribution in [3.63, 3.8) is 0 Å². The minimum Gasteiger partial charge on any atom is -0.393 e. The molecule has 0 aromatic heterocycles. The standard InChI is InChI=1S/C20H29NO4/c1-18-5-6-20(24-7-8-25-20)9-12(18)3-4-13-14-11-21-17(23)19(14,2)10-15(22)16(13)18/h3,13-16,22H,4-11H2,1-2H3,(H,21,23)/t13?,14?,15-,16?,18-,19-/m0/s1. The molecule has 2 N–H and O–H groups in total. The first-order chi connectivity index (χ1) is 11.9. The van der Waals surface area contributed by atoms with E-state index in [4.69, 9.17) is 9.47 Å². The van der Waals surface area contributed by atoms with Crippen molar-refractivity contribution in [2.45, 2.75) is 57.8 Å². The molecule has 5 aliphatic rings. The first-order valence-electron chi connectivity index (χ1n) is 9.82. The molecule has 0 aromatic rings. The lowest BCUT2D eigenvalue weighted by molar-refractivity contribution is -0.192. The Balaban J connectivity index is 1.51. The second kappa shape index (κ2) is 5.08. The van der Waals surface area contributed by atoms with Crippen LogP contribution in [0.5, 0.6) is 0 Å². The fourth-order valence-corrected chi connectivity index (χ4v) is 6.87. The van der Waals surface area contributed by atoms with Gasteiger partial charge < -0.3 is 19.9 Å². The van der Waals surface area contributed by atoms with Crippen LogP contribution < -0.4 is 5.32 Å². The molecule has 2 heterocycles. The predicted molar refractivity (Wildman–Crippen MR) is 91.5 cm³/mol. The van der Waals surface area contributed by atoms with Crippen LogP contribution in [-0.4, -0.2) is 42.7 Å². The number of fused-ring (bicyclic) bond motifs is 5. The van der Waals surface area contributed by atoms with Gasteiger partial charge in [0.25, 0.3) is 0 Å². The molecule has 3 aliphatic carbocycles. The highest BCUT2D eigenvalue weighted by atomic mass is 16.7. The van der Waals surface area contributed by atoms with Crippen molar-refractivity contribution in [2.24, 2.45) is 28.6 Å². The zero-order chi connectivity index (χ0) is 17.4. The third kappa shape index (κ3) is 2.03. The summed E-state index contributed by atoms with van der Waals surface area (Å²) < 4.78 is 11.9. The predicted octanol–water partition coefficient (Wildman–Crippen LogP) is 2.00. The third-order valence-corrected chi connectivity index (χ3v) is 8.25. The second-order valence-corrected chi connectivity index (χ2v) is 9.36. The molecule has 1 amide bonds. The van der Waals surface area contributed by atoms with Crippen LogP contribution in [0.4, 0.5) is 0 Å². The van der Waals surface area contributed by atoms with E-state index < -0.39 is 17.3 Å². The van der Waals surface area contributed by atoms with Crippen LogP contribution in [-0.2, 0) is 14.3 Å². The minimum absolute atomic E-state index is 0.00411. The Kier molecular flexibility index (Phi) is 3.31. The van der Waals surface area contributed by atoms with E-state index in [9.17, 15) is 9.90 Å².